The zero-order chi connectivity index (χ0) is 13.8. The third-order valence-electron chi connectivity index (χ3n) is 3.95. The Morgan fingerprint density at radius 2 is 2.00 bits per heavy atom. The van der Waals surface area contributed by atoms with Crippen molar-refractivity contribution in [3.8, 4) is 0 Å². The molecular formula is C16H23BrFN. The SMILES string of the molecule is CC(C)CNCC1CCC1Cc1cc(F)cc(Br)c1. The van der Waals surface area contributed by atoms with Crippen LogP contribution < -0.4 is 5.32 Å². The fraction of sp³-hybridized carbons (Fsp3) is 0.625. The number of benzene rings is 1. The van der Waals surface area contributed by atoms with Crippen LogP contribution in [0.4, 0.5) is 4.39 Å². The van der Waals surface area contributed by atoms with Crippen LogP contribution >= 0.6 is 15.9 Å². The maximum absolute atomic E-state index is 13.3. The zero-order valence-electron chi connectivity index (χ0n) is 11.8. The standard InChI is InChI=1S/C16H23BrFN/c1-11(2)9-19-10-14-4-3-13(14)5-12-6-15(17)8-16(18)7-12/h6-8,11,13-14,19H,3-5,9-10H2,1-2H3. The monoisotopic (exact) mass is 327 g/mol. The van der Waals surface area contributed by atoms with Gasteiger partial charge in [0.1, 0.15) is 5.82 Å². The molecule has 2 unspecified atom stereocenters. The van der Waals surface area contributed by atoms with Gasteiger partial charge in [-0.1, -0.05) is 29.8 Å². The number of rotatable bonds is 6. The molecule has 2 rings (SSSR count). The Bertz CT molecular complexity index is 399. The van der Waals surface area contributed by atoms with E-state index < -0.39 is 0 Å². The quantitative estimate of drug-likeness (QED) is 0.816. The molecule has 0 saturated heterocycles. The van der Waals surface area contributed by atoms with Gasteiger partial charge in [-0.25, -0.2) is 4.39 Å². The minimum Gasteiger partial charge on any atom is -0.316 e. The van der Waals surface area contributed by atoms with Crippen molar-refractivity contribution in [1.82, 2.24) is 5.32 Å². The van der Waals surface area contributed by atoms with E-state index in [4.69, 9.17) is 0 Å². The van der Waals surface area contributed by atoms with Crippen LogP contribution in [0.3, 0.4) is 0 Å². The minimum absolute atomic E-state index is 0.141. The molecule has 3 heteroatoms. The molecule has 19 heavy (non-hydrogen) atoms. The Morgan fingerprint density at radius 1 is 1.26 bits per heavy atom. The van der Waals surface area contributed by atoms with E-state index in [1.54, 1.807) is 6.07 Å². The lowest BCUT2D eigenvalue weighted by Crippen LogP contribution is -2.37. The van der Waals surface area contributed by atoms with E-state index in [1.807, 2.05) is 6.07 Å². The van der Waals surface area contributed by atoms with E-state index >= 15 is 0 Å². The van der Waals surface area contributed by atoms with E-state index in [9.17, 15) is 4.39 Å². The van der Waals surface area contributed by atoms with Gasteiger partial charge in [-0.3, -0.25) is 0 Å². The summed E-state index contributed by atoms with van der Waals surface area (Å²) < 4.78 is 14.2. The minimum atomic E-state index is -0.141. The highest BCUT2D eigenvalue weighted by Crippen LogP contribution is 2.36. The van der Waals surface area contributed by atoms with Crippen LogP contribution in [0.25, 0.3) is 0 Å². The Hall–Kier alpha value is -0.410. The fourth-order valence-electron chi connectivity index (χ4n) is 2.76. The number of nitrogens with one attached hydrogen (secondary N) is 1. The first-order valence-corrected chi connectivity index (χ1v) is 7.99. The van der Waals surface area contributed by atoms with Gasteiger partial charge in [0.15, 0.2) is 0 Å². The normalized spacial score (nSPS) is 22.6. The van der Waals surface area contributed by atoms with Gasteiger partial charge in [0.05, 0.1) is 0 Å². The lowest BCUT2D eigenvalue weighted by atomic mass is 9.70. The van der Waals surface area contributed by atoms with Crippen molar-refractivity contribution >= 4 is 15.9 Å². The van der Waals surface area contributed by atoms with Gasteiger partial charge >= 0.3 is 0 Å². The van der Waals surface area contributed by atoms with Crippen molar-refractivity contribution in [3.63, 3.8) is 0 Å². The van der Waals surface area contributed by atoms with Gasteiger partial charge in [-0.2, -0.15) is 0 Å². The summed E-state index contributed by atoms with van der Waals surface area (Å²) >= 11 is 3.36. The van der Waals surface area contributed by atoms with Crippen molar-refractivity contribution in [2.45, 2.75) is 33.1 Å². The first-order chi connectivity index (χ1) is 9.04. The molecule has 0 aliphatic heterocycles. The molecule has 1 aromatic rings. The first kappa shape index (κ1) is 15.0. The molecule has 1 aliphatic carbocycles. The largest absolute Gasteiger partial charge is 0.316 e. The van der Waals surface area contributed by atoms with Crippen molar-refractivity contribution in [1.29, 1.82) is 0 Å². The Labute approximate surface area is 124 Å². The highest BCUT2D eigenvalue weighted by Gasteiger charge is 2.30. The summed E-state index contributed by atoms with van der Waals surface area (Å²) in [5.74, 6) is 2.05. The molecule has 1 saturated carbocycles. The van der Waals surface area contributed by atoms with Gasteiger partial charge in [0.2, 0.25) is 0 Å². The predicted molar refractivity (Wildman–Crippen MR) is 81.7 cm³/mol. The lowest BCUT2D eigenvalue weighted by Gasteiger charge is -2.37. The van der Waals surface area contributed by atoms with Crippen molar-refractivity contribution in [2.24, 2.45) is 17.8 Å². The summed E-state index contributed by atoms with van der Waals surface area (Å²) in [7, 11) is 0. The van der Waals surface area contributed by atoms with E-state index in [2.05, 4.69) is 35.1 Å². The Kier molecular flexibility index (Phi) is 5.40. The van der Waals surface area contributed by atoms with Gasteiger partial charge in [0.25, 0.3) is 0 Å². The number of hydrogen-bond acceptors (Lipinski definition) is 1. The zero-order valence-corrected chi connectivity index (χ0v) is 13.3. The van der Waals surface area contributed by atoms with Gasteiger partial charge < -0.3 is 5.32 Å². The van der Waals surface area contributed by atoms with Crippen LogP contribution in [-0.2, 0) is 6.42 Å². The molecule has 0 spiro atoms. The molecule has 2 atom stereocenters. The Balaban J connectivity index is 1.82. The maximum atomic E-state index is 13.3. The number of halogens is 2. The molecule has 0 bridgehead atoms. The van der Waals surface area contributed by atoms with Crippen LogP contribution in [-0.4, -0.2) is 13.1 Å². The second-order valence-corrected chi connectivity index (χ2v) is 7.05. The summed E-state index contributed by atoms with van der Waals surface area (Å²) in [6.07, 6.45) is 3.60. The average molecular weight is 328 g/mol. The summed E-state index contributed by atoms with van der Waals surface area (Å²) in [6, 6.07) is 5.23. The first-order valence-electron chi connectivity index (χ1n) is 7.20. The molecule has 1 nitrogen and oxygen atoms in total. The molecule has 1 N–H and O–H groups in total. The maximum Gasteiger partial charge on any atom is 0.124 e. The number of hydrogen-bond donors (Lipinski definition) is 1. The summed E-state index contributed by atoms with van der Waals surface area (Å²) in [4.78, 5) is 0. The summed E-state index contributed by atoms with van der Waals surface area (Å²) in [6.45, 7) is 6.67. The molecule has 0 amide bonds. The van der Waals surface area contributed by atoms with Crippen molar-refractivity contribution in [3.05, 3.63) is 34.1 Å². The van der Waals surface area contributed by atoms with Crippen LogP contribution in [0.5, 0.6) is 0 Å². The lowest BCUT2D eigenvalue weighted by molar-refractivity contribution is 0.169. The molecule has 0 radical (unpaired) electrons. The van der Waals surface area contributed by atoms with E-state index in [0.717, 1.165) is 35.5 Å². The summed E-state index contributed by atoms with van der Waals surface area (Å²) in [5.41, 5.74) is 1.12. The second kappa shape index (κ2) is 6.85. The Morgan fingerprint density at radius 3 is 2.58 bits per heavy atom. The molecule has 0 aromatic heterocycles. The van der Waals surface area contributed by atoms with Gasteiger partial charge in [0, 0.05) is 4.47 Å². The third-order valence-corrected chi connectivity index (χ3v) is 4.41. The fourth-order valence-corrected chi connectivity index (χ4v) is 3.28. The molecular weight excluding hydrogens is 305 g/mol. The third kappa shape index (κ3) is 4.57. The van der Waals surface area contributed by atoms with E-state index in [-0.39, 0.29) is 5.82 Å². The van der Waals surface area contributed by atoms with Gasteiger partial charge in [-0.15, -0.1) is 0 Å². The van der Waals surface area contributed by atoms with E-state index in [0.29, 0.717) is 11.8 Å². The predicted octanol–water partition coefficient (Wildman–Crippen LogP) is 4.40. The molecule has 1 fully saturated rings. The topological polar surface area (TPSA) is 12.0 Å². The van der Waals surface area contributed by atoms with Crippen LogP contribution in [0.1, 0.15) is 32.3 Å². The molecule has 106 valence electrons. The van der Waals surface area contributed by atoms with Crippen molar-refractivity contribution < 1.29 is 4.39 Å². The average Bonchev–Trinajstić information content (AvgIpc) is 2.29. The molecule has 1 aromatic carbocycles. The molecule has 1 aliphatic rings. The molecule has 0 heterocycles. The summed E-state index contributed by atoms with van der Waals surface area (Å²) in [5, 5.41) is 3.54. The van der Waals surface area contributed by atoms with Crippen molar-refractivity contribution in [2.75, 3.05) is 13.1 Å². The highest BCUT2D eigenvalue weighted by molar-refractivity contribution is 9.10. The highest BCUT2D eigenvalue weighted by atomic mass is 79.9. The van der Waals surface area contributed by atoms with Gasteiger partial charge in [-0.05, 0) is 73.9 Å². The van der Waals surface area contributed by atoms with Crippen LogP contribution in [0, 0.1) is 23.6 Å². The van der Waals surface area contributed by atoms with E-state index in [1.165, 1.54) is 18.9 Å². The smallest absolute Gasteiger partial charge is 0.124 e. The van der Waals surface area contributed by atoms with Crippen LogP contribution in [0.2, 0.25) is 0 Å². The second-order valence-electron chi connectivity index (χ2n) is 6.13. The van der Waals surface area contributed by atoms with Crippen LogP contribution in [0.15, 0.2) is 22.7 Å².